The summed E-state index contributed by atoms with van der Waals surface area (Å²) in [4.78, 5) is 48.3. The SMILES string of the molecule is CC[C@H](CC1C(=O)NC1=O)S(=S=S=S=S=S)C1C(=O)N(C)C1=O. The van der Waals surface area contributed by atoms with E-state index in [9.17, 15) is 19.2 Å². The lowest BCUT2D eigenvalue weighted by atomic mass is 9.94. The topological polar surface area (TPSA) is 83.6 Å². The van der Waals surface area contributed by atoms with Gasteiger partial charge in [-0.2, -0.15) is 0 Å². The summed E-state index contributed by atoms with van der Waals surface area (Å²) in [6.07, 6.45) is 1.07. The maximum Gasteiger partial charge on any atom is 0.252 e. The van der Waals surface area contributed by atoms with Gasteiger partial charge in [0.2, 0.25) is 11.8 Å². The number of nitrogens with zero attached hydrogens (tertiary/aromatic N) is 1. The lowest BCUT2D eigenvalue weighted by Gasteiger charge is -2.37. The first-order valence-corrected chi connectivity index (χ1v) is 14.2. The predicted molar refractivity (Wildman–Crippen MR) is 101 cm³/mol. The van der Waals surface area contributed by atoms with Gasteiger partial charge in [-0.15, -0.1) is 0 Å². The quantitative estimate of drug-likeness (QED) is 0.441. The molecule has 23 heavy (non-hydrogen) atoms. The predicted octanol–water partition coefficient (Wildman–Crippen LogP) is -1.13. The van der Waals surface area contributed by atoms with Crippen LogP contribution >= 0.6 is 0 Å². The molecule has 12 heteroatoms. The van der Waals surface area contributed by atoms with Crippen LogP contribution in [-0.2, 0) is 75.3 Å². The molecule has 0 spiro atoms. The fourth-order valence-corrected chi connectivity index (χ4v) is 15.7. The summed E-state index contributed by atoms with van der Waals surface area (Å²) in [7, 11) is 6.35. The van der Waals surface area contributed by atoms with Crippen LogP contribution in [0.3, 0.4) is 0 Å². The van der Waals surface area contributed by atoms with Gasteiger partial charge in [0.15, 0.2) is 5.25 Å². The molecule has 2 saturated heterocycles. The van der Waals surface area contributed by atoms with Crippen molar-refractivity contribution in [2.75, 3.05) is 7.05 Å². The molecule has 0 aromatic rings. The molecule has 2 rings (SSSR count). The number of carbonyl (C=O) groups is 4. The van der Waals surface area contributed by atoms with Crippen molar-refractivity contribution in [3.8, 4) is 0 Å². The van der Waals surface area contributed by atoms with E-state index in [-0.39, 0.29) is 28.9 Å². The molecule has 1 N–H and O–H groups in total. The molecule has 2 heterocycles. The summed E-state index contributed by atoms with van der Waals surface area (Å²) in [6, 6.07) is 0. The number of likely N-dealkylation sites (tertiary alicyclic amines) is 1. The van der Waals surface area contributed by atoms with E-state index in [0.717, 1.165) is 4.90 Å². The Bertz CT molecular complexity index is 741. The largest absolute Gasteiger partial charge is 0.295 e. The van der Waals surface area contributed by atoms with Crippen LogP contribution in [0.1, 0.15) is 19.8 Å². The highest BCUT2D eigenvalue weighted by atomic mass is 33.3. The van der Waals surface area contributed by atoms with Crippen LogP contribution in [0.25, 0.3) is 0 Å². The van der Waals surface area contributed by atoms with Gasteiger partial charge in [0.25, 0.3) is 11.8 Å². The van der Waals surface area contributed by atoms with Gasteiger partial charge in [-0.3, -0.25) is 29.4 Å². The van der Waals surface area contributed by atoms with Crippen LogP contribution in [0.2, 0.25) is 0 Å². The van der Waals surface area contributed by atoms with E-state index in [1.54, 1.807) is 0 Å². The Morgan fingerprint density at radius 2 is 1.83 bits per heavy atom. The molecule has 2 aliphatic rings. The van der Waals surface area contributed by atoms with E-state index >= 15 is 0 Å². The Hall–Kier alpha value is -0.270. The van der Waals surface area contributed by atoms with Gasteiger partial charge >= 0.3 is 0 Å². The third-order valence-electron chi connectivity index (χ3n) is 3.67. The molecule has 0 bridgehead atoms. The summed E-state index contributed by atoms with van der Waals surface area (Å²) in [5, 5.41) is 1.49. The molecule has 0 aromatic carbocycles. The highest BCUT2D eigenvalue weighted by molar-refractivity contribution is 8.67. The molecular weight excluding hydrogens is 417 g/mol. The average Bonchev–Trinajstić information content (AvgIpc) is 2.54. The van der Waals surface area contributed by atoms with E-state index in [2.05, 4.69) is 5.32 Å². The van der Waals surface area contributed by atoms with E-state index in [1.807, 2.05) is 6.92 Å². The summed E-state index contributed by atoms with van der Waals surface area (Å²) in [5.41, 5.74) is 0. The van der Waals surface area contributed by atoms with Crippen molar-refractivity contribution >= 4 is 79.8 Å². The molecule has 0 radical (unpaired) electrons. The Morgan fingerprint density at radius 1 is 1.22 bits per heavy atom. The maximum absolute atomic E-state index is 12.1. The summed E-state index contributed by atoms with van der Waals surface area (Å²) < 4.78 is 0. The summed E-state index contributed by atoms with van der Waals surface area (Å²) >= 11 is 4.81. The molecule has 128 valence electrons. The third kappa shape index (κ3) is 3.87. The number of rotatable bonds is 5. The zero-order chi connectivity index (χ0) is 17.1. The summed E-state index contributed by atoms with van der Waals surface area (Å²) in [5.74, 6) is -1.57. The Balaban J connectivity index is 2.38. The van der Waals surface area contributed by atoms with Gasteiger partial charge < -0.3 is 0 Å². The fourth-order valence-electron chi connectivity index (χ4n) is 2.28. The average molecular weight is 431 g/mol. The molecule has 4 amide bonds. The van der Waals surface area contributed by atoms with Crippen molar-refractivity contribution in [3.05, 3.63) is 0 Å². The zero-order valence-electron chi connectivity index (χ0n) is 12.2. The highest BCUT2D eigenvalue weighted by Gasteiger charge is 2.49. The zero-order valence-corrected chi connectivity index (χ0v) is 17.1. The molecule has 1 unspecified atom stereocenters. The van der Waals surface area contributed by atoms with Gasteiger partial charge in [0, 0.05) is 12.3 Å². The van der Waals surface area contributed by atoms with Crippen molar-refractivity contribution in [2.24, 2.45) is 5.92 Å². The Kier molecular flexibility index (Phi) is 6.80. The number of nitrogens with one attached hydrogen (secondary N) is 1. The van der Waals surface area contributed by atoms with Crippen molar-refractivity contribution in [1.82, 2.24) is 10.2 Å². The second-order valence-electron chi connectivity index (χ2n) is 4.89. The number of imide groups is 2. The van der Waals surface area contributed by atoms with Crippen molar-refractivity contribution < 1.29 is 19.2 Å². The van der Waals surface area contributed by atoms with Crippen molar-refractivity contribution in [1.29, 1.82) is 0 Å². The molecule has 0 saturated carbocycles. The minimum absolute atomic E-state index is 0.0465. The molecule has 6 nitrogen and oxygen atoms in total. The van der Waals surface area contributed by atoms with Crippen LogP contribution in [0.4, 0.5) is 0 Å². The minimum Gasteiger partial charge on any atom is -0.295 e. The van der Waals surface area contributed by atoms with Gasteiger partial charge in [-0.1, -0.05) is 16.4 Å². The van der Waals surface area contributed by atoms with Gasteiger partial charge in [-0.05, 0) is 59.6 Å². The first kappa shape index (κ1) is 19.1. The highest BCUT2D eigenvalue weighted by Crippen LogP contribution is 2.26. The second kappa shape index (κ2) is 8.21. The van der Waals surface area contributed by atoms with Crippen LogP contribution in [0, 0.1) is 5.92 Å². The summed E-state index contributed by atoms with van der Waals surface area (Å²) in [6.45, 7) is 1.95. The lowest BCUT2D eigenvalue weighted by Crippen LogP contribution is -2.63. The monoisotopic (exact) mass is 430 g/mol. The third-order valence-corrected chi connectivity index (χ3v) is 15.8. The maximum atomic E-state index is 12.1. The number of hydrogen-bond acceptors (Lipinski definition) is 5. The van der Waals surface area contributed by atoms with Crippen LogP contribution in [-0.4, -0.2) is 46.1 Å². The normalized spacial score (nSPS) is 21.0. The molecule has 2 aliphatic heterocycles. The molecule has 0 aliphatic carbocycles. The minimum atomic E-state index is -0.670. The number of β-lactam (4-membered cyclic amide) rings is 4. The standard InChI is InChI=1S/C11H14N2O4S6/c1-3-5(4-6-8(14)12-9(6)15)23(22-21-20-19-18)7-10(16)13(2)11(7)17/h5-7H,3-4H2,1-2H3,(H,12,14,15)/t5-,23?/m1/s1. The Labute approximate surface area is 151 Å². The van der Waals surface area contributed by atoms with Crippen LogP contribution in [0.15, 0.2) is 0 Å². The fraction of sp³-hybridized carbons (Fsp3) is 0.636. The van der Waals surface area contributed by atoms with E-state index in [4.69, 9.17) is 11.2 Å². The van der Waals surface area contributed by atoms with E-state index in [0.29, 0.717) is 12.8 Å². The Morgan fingerprint density at radius 3 is 2.30 bits per heavy atom. The van der Waals surface area contributed by atoms with E-state index in [1.165, 1.54) is 42.6 Å². The molecule has 2 atom stereocenters. The van der Waals surface area contributed by atoms with Gasteiger partial charge in [0.1, 0.15) is 5.92 Å². The van der Waals surface area contributed by atoms with E-state index < -0.39 is 20.6 Å². The molecule has 0 aromatic heterocycles. The number of carbonyl (C=O) groups excluding carboxylic acids is 4. The van der Waals surface area contributed by atoms with Gasteiger partial charge in [0.05, 0.1) is 0 Å². The number of hydrogen-bond donors (Lipinski definition) is 1. The first-order chi connectivity index (χ1) is 10.9. The van der Waals surface area contributed by atoms with Crippen LogP contribution in [0.5, 0.6) is 0 Å². The second-order valence-corrected chi connectivity index (χ2v) is 14.9. The van der Waals surface area contributed by atoms with Crippen molar-refractivity contribution in [3.63, 3.8) is 0 Å². The van der Waals surface area contributed by atoms with Crippen LogP contribution < -0.4 is 5.32 Å². The number of amides is 4. The molecular formula is C11H14N2O4S6. The van der Waals surface area contributed by atoms with Gasteiger partial charge in [-0.25, -0.2) is 0 Å². The smallest absolute Gasteiger partial charge is 0.252 e. The lowest BCUT2D eigenvalue weighted by molar-refractivity contribution is -0.154. The first-order valence-electron chi connectivity index (χ1n) is 6.60. The molecule has 2 fully saturated rings. The van der Waals surface area contributed by atoms with Crippen molar-refractivity contribution in [2.45, 2.75) is 30.3 Å².